The van der Waals surface area contributed by atoms with E-state index >= 15 is 0 Å². The molecule has 3 aliphatic rings. The molecule has 1 aliphatic carbocycles. The van der Waals surface area contributed by atoms with Gasteiger partial charge >= 0.3 is 0 Å². The molecule has 0 unspecified atom stereocenters. The van der Waals surface area contributed by atoms with E-state index in [0.717, 1.165) is 69.7 Å². The largest absolute Gasteiger partial charge is 1.00 e. The molecular weight excluding hydrogens is 547 g/mol. The van der Waals surface area contributed by atoms with Crippen LogP contribution in [-0.2, 0) is 16.6 Å². The molecule has 2 saturated heterocycles. The maximum absolute atomic E-state index is 14.4. The number of carbonyl (C=O) groups excluding carboxylic acids is 1. The van der Waals surface area contributed by atoms with E-state index in [1.165, 1.54) is 16.1 Å². The number of piperidine rings is 1. The number of quaternary nitrogens is 2. The van der Waals surface area contributed by atoms with Crippen LogP contribution < -0.4 is 47.9 Å². The number of halogens is 3. The number of benzene rings is 1. The Morgan fingerprint density at radius 3 is 2.62 bits per heavy atom. The molecule has 0 bridgehead atoms. The molecule has 2 fully saturated rings. The number of hydrogen-bond acceptors (Lipinski definition) is 3. The van der Waals surface area contributed by atoms with Crippen molar-refractivity contribution in [2.24, 2.45) is 11.8 Å². The second-order valence-corrected chi connectivity index (χ2v) is 11.7. The zero-order chi connectivity index (χ0) is 23.7. The quantitative estimate of drug-likeness (QED) is 0.353. The molecule has 208 valence electrons. The number of likely N-dealkylation sites (tertiary alicyclic amines) is 1. The average Bonchev–Trinajstić information content (AvgIpc) is 3.50. The van der Waals surface area contributed by atoms with E-state index in [-0.39, 0.29) is 48.6 Å². The Hall–Kier alpha value is -0.890. The van der Waals surface area contributed by atoms with E-state index in [9.17, 15) is 4.79 Å². The van der Waals surface area contributed by atoms with Crippen LogP contribution in [0.2, 0.25) is 0 Å². The third-order valence-corrected chi connectivity index (χ3v) is 10.5. The van der Waals surface area contributed by atoms with E-state index in [1.807, 2.05) is 11.3 Å². The molecule has 4 N–H and O–H groups in total. The van der Waals surface area contributed by atoms with Gasteiger partial charge in [0, 0.05) is 17.5 Å². The van der Waals surface area contributed by atoms with Crippen LogP contribution in [0, 0.1) is 11.8 Å². The highest BCUT2D eigenvalue weighted by atomic mass is 35.5. The van der Waals surface area contributed by atoms with Gasteiger partial charge in [-0.1, -0.05) is 68.4 Å². The molecule has 3 heterocycles. The van der Waals surface area contributed by atoms with Crippen LogP contribution in [-0.4, -0.2) is 48.5 Å². The molecule has 1 amide bonds. The molecule has 1 aromatic heterocycles. The van der Waals surface area contributed by atoms with E-state index in [1.54, 1.807) is 0 Å². The first-order valence-corrected chi connectivity index (χ1v) is 14.4. The average molecular weight is 589 g/mol. The summed E-state index contributed by atoms with van der Waals surface area (Å²) in [7, 11) is 2.08. The van der Waals surface area contributed by atoms with Crippen molar-refractivity contribution in [1.29, 1.82) is 0 Å². The second kappa shape index (κ2) is 14.0. The first-order chi connectivity index (χ1) is 16.6. The third-order valence-electron chi connectivity index (χ3n) is 9.12. The lowest BCUT2D eigenvalue weighted by Gasteiger charge is -2.46. The van der Waals surface area contributed by atoms with Crippen LogP contribution in [0.5, 0.6) is 0 Å². The summed E-state index contributed by atoms with van der Waals surface area (Å²) >= 11 is 1.86. The molecule has 1 aromatic carbocycles. The molecular formula is C28H42Cl3N4OS-. The summed E-state index contributed by atoms with van der Waals surface area (Å²) < 4.78 is 0. The van der Waals surface area contributed by atoms with Gasteiger partial charge in [-0.05, 0) is 49.5 Å². The number of aryl methyl sites for hydroxylation is 1. The molecule has 4 atom stereocenters. The SMILES string of the molecule is CCC(CC)[C@@H]1C[C@H](c2ccccc2)CCN1C(=O)[C@@H]1C[NH2+]C[C@]12CCCc1nc([NH2+]C)sc12.[Cl-].[Cl-].[Cl-]. The standard InChI is InChI=1S/C28H40N4OS.3ClH/c1-4-19(5-2)24-16-21(20-10-7-6-8-11-20)13-15-32(24)26(33)22-17-30-18-28(22)14-9-12-23-25(28)34-27(29-3)31-23;;;/h6-8,10-11,19,21-22,24,30H,4-5,9,12-18H2,1-3H3,(H,29,31);3*1H/p-1/t21-,22+,24+,28-;;;/m1.../s1. The van der Waals surface area contributed by atoms with Gasteiger partial charge in [-0.25, -0.2) is 0 Å². The number of aromatic nitrogens is 1. The minimum absolute atomic E-state index is 0. The van der Waals surface area contributed by atoms with Crippen molar-refractivity contribution in [1.82, 2.24) is 9.88 Å². The number of thiazole rings is 1. The van der Waals surface area contributed by atoms with E-state index in [0.29, 0.717) is 23.8 Å². The molecule has 5 nitrogen and oxygen atoms in total. The van der Waals surface area contributed by atoms with Gasteiger partial charge in [0.25, 0.3) is 5.13 Å². The predicted molar refractivity (Wildman–Crippen MR) is 137 cm³/mol. The summed E-state index contributed by atoms with van der Waals surface area (Å²) in [6.07, 6.45) is 7.83. The van der Waals surface area contributed by atoms with Crippen molar-refractivity contribution >= 4 is 22.4 Å². The maximum atomic E-state index is 14.4. The lowest BCUT2D eigenvalue weighted by atomic mass is 9.68. The Morgan fingerprint density at radius 2 is 1.95 bits per heavy atom. The zero-order valence-electron chi connectivity index (χ0n) is 22.3. The molecule has 5 rings (SSSR count). The van der Waals surface area contributed by atoms with Crippen LogP contribution in [0.3, 0.4) is 0 Å². The molecule has 0 saturated carbocycles. The fourth-order valence-corrected chi connectivity index (χ4v) is 8.53. The van der Waals surface area contributed by atoms with Crippen LogP contribution >= 0.6 is 11.3 Å². The normalized spacial score (nSPS) is 26.7. The molecule has 0 radical (unpaired) electrons. The lowest BCUT2D eigenvalue weighted by Crippen LogP contribution is -3.00. The molecule has 2 aliphatic heterocycles. The minimum Gasteiger partial charge on any atom is -1.00 e. The summed E-state index contributed by atoms with van der Waals surface area (Å²) in [5, 5.41) is 5.67. The van der Waals surface area contributed by atoms with Gasteiger partial charge in [-0.3, -0.25) is 10.1 Å². The smallest absolute Gasteiger partial charge is 0.283 e. The molecule has 1 spiro atoms. The summed E-state index contributed by atoms with van der Waals surface area (Å²) in [5.74, 6) is 1.65. The number of nitrogens with zero attached hydrogens (tertiary/aromatic N) is 2. The highest BCUT2D eigenvalue weighted by Crippen LogP contribution is 2.48. The number of rotatable bonds is 6. The van der Waals surface area contributed by atoms with Crippen molar-refractivity contribution < 1.29 is 52.6 Å². The second-order valence-electron chi connectivity index (χ2n) is 10.7. The van der Waals surface area contributed by atoms with Crippen LogP contribution in [0.1, 0.15) is 74.4 Å². The number of fused-ring (bicyclic) bond motifs is 2. The lowest BCUT2D eigenvalue weighted by molar-refractivity contribution is -0.640. The number of nitrogens with two attached hydrogens (primary N) is 2. The Balaban J connectivity index is 0.00000160. The summed E-state index contributed by atoms with van der Waals surface area (Å²) in [4.78, 5) is 23.1. The zero-order valence-corrected chi connectivity index (χ0v) is 25.4. The summed E-state index contributed by atoms with van der Waals surface area (Å²) in [5.41, 5.74) is 2.70. The van der Waals surface area contributed by atoms with Crippen molar-refractivity contribution in [3.05, 3.63) is 46.5 Å². The van der Waals surface area contributed by atoms with E-state index in [4.69, 9.17) is 4.98 Å². The van der Waals surface area contributed by atoms with E-state index in [2.05, 4.69) is 66.8 Å². The highest BCUT2D eigenvalue weighted by Gasteiger charge is 2.56. The van der Waals surface area contributed by atoms with Crippen molar-refractivity contribution in [3.63, 3.8) is 0 Å². The minimum atomic E-state index is -0.0155. The van der Waals surface area contributed by atoms with Gasteiger partial charge in [0.2, 0.25) is 5.91 Å². The molecule has 9 heteroatoms. The fourth-order valence-electron chi connectivity index (χ4n) is 7.26. The van der Waals surface area contributed by atoms with Gasteiger partial charge in [0.05, 0.1) is 31.2 Å². The van der Waals surface area contributed by atoms with Crippen LogP contribution in [0.25, 0.3) is 0 Å². The molecule has 2 aromatic rings. The Morgan fingerprint density at radius 1 is 1.22 bits per heavy atom. The van der Waals surface area contributed by atoms with Crippen LogP contribution in [0.4, 0.5) is 5.13 Å². The van der Waals surface area contributed by atoms with Gasteiger partial charge in [0.15, 0.2) is 0 Å². The number of hydrogen-bond donors (Lipinski definition) is 2. The van der Waals surface area contributed by atoms with Crippen molar-refractivity contribution in [3.8, 4) is 0 Å². The van der Waals surface area contributed by atoms with Gasteiger partial charge < -0.3 is 47.4 Å². The fraction of sp³-hybridized carbons (Fsp3) is 0.643. The van der Waals surface area contributed by atoms with Gasteiger partial charge in [-0.15, -0.1) is 0 Å². The van der Waals surface area contributed by atoms with E-state index < -0.39 is 0 Å². The first kappa shape index (κ1) is 32.3. The topological polar surface area (TPSA) is 66.4 Å². The summed E-state index contributed by atoms with van der Waals surface area (Å²) in [6.45, 7) is 7.48. The van der Waals surface area contributed by atoms with Crippen molar-refractivity contribution in [2.45, 2.75) is 76.2 Å². The number of carbonyl (C=O) groups is 1. The maximum Gasteiger partial charge on any atom is 0.283 e. The van der Waals surface area contributed by atoms with Gasteiger partial charge in [0.1, 0.15) is 5.92 Å². The Kier molecular flexibility index (Phi) is 12.2. The van der Waals surface area contributed by atoms with Crippen LogP contribution in [0.15, 0.2) is 30.3 Å². The Labute approximate surface area is 245 Å². The van der Waals surface area contributed by atoms with Crippen molar-refractivity contribution in [2.75, 3.05) is 26.7 Å². The Bertz CT molecular complexity index is 1000. The third kappa shape index (κ3) is 6.00. The number of amides is 1. The monoisotopic (exact) mass is 587 g/mol. The highest BCUT2D eigenvalue weighted by molar-refractivity contribution is 7.15. The molecule has 37 heavy (non-hydrogen) atoms. The first-order valence-electron chi connectivity index (χ1n) is 13.6. The van der Waals surface area contributed by atoms with Gasteiger partial charge in [-0.2, -0.15) is 4.98 Å². The predicted octanol–water partition coefficient (Wildman–Crippen LogP) is -6.04. The summed E-state index contributed by atoms with van der Waals surface area (Å²) in [6, 6.07) is 11.3.